The van der Waals surface area contributed by atoms with Gasteiger partial charge in [0.25, 0.3) is 10.0 Å². The third-order valence-corrected chi connectivity index (χ3v) is 4.97. The summed E-state index contributed by atoms with van der Waals surface area (Å²) in [4.78, 5) is 0. The second kappa shape index (κ2) is 14.1. The zero-order valence-electron chi connectivity index (χ0n) is 14.1. The molecule has 0 spiro atoms. The van der Waals surface area contributed by atoms with Crippen molar-refractivity contribution in [3.63, 3.8) is 0 Å². The lowest BCUT2D eigenvalue weighted by Crippen LogP contribution is -2.31. The van der Waals surface area contributed by atoms with Crippen LogP contribution in [0.5, 0.6) is 0 Å². The molecule has 0 aromatic heterocycles. The Morgan fingerprint density at radius 3 is 1.61 bits per heavy atom. The molecule has 0 radical (unpaired) electrons. The van der Waals surface area contributed by atoms with Gasteiger partial charge in [-0.05, 0) is 32.6 Å². The van der Waals surface area contributed by atoms with Crippen LogP contribution in [0.3, 0.4) is 0 Å². The van der Waals surface area contributed by atoms with Gasteiger partial charge in [-0.1, -0.05) is 31.6 Å². The van der Waals surface area contributed by atoms with Gasteiger partial charge < -0.3 is 0 Å². The van der Waals surface area contributed by atoms with Crippen molar-refractivity contribution in [3.8, 4) is 23.3 Å². The van der Waals surface area contributed by atoms with Crippen molar-refractivity contribution in [1.29, 1.82) is 10.5 Å². The quantitative estimate of drug-likeness (QED) is 0.380. The van der Waals surface area contributed by atoms with E-state index in [1.165, 1.54) is 11.2 Å². The van der Waals surface area contributed by atoms with Crippen molar-refractivity contribution >= 4 is 10.0 Å². The lowest BCUT2D eigenvalue weighted by Gasteiger charge is -2.19. The minimum atomic E-state index is -3.50. The summed E-state index contributed by atoms with van der Waals surface area (Å²) in [6.07, 6.45) is 8.22. The van der Waals surface area contributed by atoms with Crippen LogP contribution in [0.2, 0.25) is 0 Å². The fourth-order valence-corrected chi connectivity index (χ4v) is 3.36. The minimum Gasteiger partial charge on any atom is -0.198 e. The second-order valence-electron chi connectivity index (χ2n) is 5.40. The third-order valence-electron chi connectivity index (χ3n) is 3.46. The SMILES string of the molecule is CC#CS(=O)(=O)N(CCCCCCC#N)CCCCCCC#N. The van der Waals surface area contributed by atoms with Crippen molar-refractivity contribution in [2.75, 3.05) is 13.1 Å². The molecule has 0 rings (SSSR count). The first kappa shape index (κ1) is 21.4. The van der Waals surface area contributed by atoms with E-state index in [0.717, 1.165) is 51.4 Å². The van der Waals surface area contributed by atoms with E-state index >= 15 is 0 Å². The zero-order chi connectivity index (χ0) is 17.4. The lowest BCUT2D eigenvalue weighted by atomic mass is 10.1. The van der Waals surface area contributed by atoms with Gasteiger partial charge in [0.15, 0.2) is 0 Å². The molecule has 128 valence electrons. The van der Waals surface area contributed by atoms with Crippen molar-refractivity contribution < 1.29 is 8.42 Å². The Bertz CT molecular complexity index is 521. The zero-order valence-corrected chi connectivity index (χ0v) is 14.9. The highest BCUT2D eigenvalue weighted by Gasteiger charge is 2.18. The number of sulfonamides is 1. The Hall–Kier alpha value is -1.55. The van der Waals surface area contributed by atoms with Crippen LogP contribution in [-0.4, -0.2) is 25.8 Å². The molecular weight excluding hydrogens is 310 g/mol. The Balaban J connectivity index is 4.23. The average molecular weight is 337 g/mol. The molecule has 0 bridgehead atoms. The van der Waals surface area contributed by atoms with E-state index in [0.29, 0.717) is 25.9 Å². The van der Waals surface area contributed by atoms with Gasteiger partial charge in [0.2, 0.25) is 0 Å². The summed E-state index contributed by atoms with van der Waals surface area (Å²) in [5.74, 6) is 2.47. The van der Waals surface area contributed by atoms with Crippen molar-refractivity contribution in [2.45, 2.75) is 71.1 Å². The van der Waals surface area contributed by atoms with Crippen LogP contribution < -0.4 is 0 Å². The van der Waals surface area contributed by atoms with Gasteiger partial charge in [-0.2, -0.15) is 23.2 Å². The molecule has 0 aliphatic carbocycles. The van der Waals surface area contributed by atoms with Crippen LogP contribution in [0.4, 0.5) is 0 Å². The summed E-state index contributed by atoms with van der Waals surface area (Å²) in [6.45, 7) is 2.50. The summed E-state index contributed by atoms with van der Waals surface area (Å²) >= 11 is 0. The molecule has 0 amide bonds. The van der Waals surface area contributed by atoms with Gasteiger partial charge >= 0.3 is 0 Å². The maximum absolute atomic E-state index is 12.1. The van der Waals surface area contributed by atoms with Crippen LogP contribution in [0.25, 0.3) is 0 Å². The highest BCUT2D eigenvalue weighted by molar-refractivity contribution is 7.93. The summed E-state index contributed by atoms with van der Waals surface area (Å²) in [5.41, 5.74) is 0. The molecule has 0 N–H and O–H groups in total. The lowest BCUT2D eigenvalue weighted by molar-refractivity contribution is 0.390. The predicted octanol–water partition coefficient (Wildman–Crippen LogP) is 3.55. The van der Waals surface area contributed by atoms with Crippen LogP contribution in [0.1, 0.15) is 71.1 Å². The standard InChI is InChI=1S/C17H27N3O2S/c1-2-17-23(21,22)20(15-11-7-3-5-9-13-18)16-12-8-4-6-10-14-19/h3-12,15-16H2,1H3. The number of unbranched alkanes of at least 4 members (excludes halogenated alkanes) is 8. The minimum absolute atomic E-state index is 0.488. The maximum atomic E-state index is 12.1. The largest absolute Gasteiger partial charge is 0.282 e. The summed E-state index contributed by atoms with van der Waals surface area (Å²) < 4.78 is 25.7. The summed E-state index contributed by atoms with van der Waals surface area (Å²) in [7, 11) is -3.50. The van der Waals surface area contributed by atoms with E-state index in [1.807, 2.05) is 0 Å². The Morgan fingerprint density at radius 1 is 0.783 bits per heavy atom. The molecule has 5 nitrogen and oxygen atoms in total. The molecule has 6 heteroatoms. The van der Waals surface area contributed by atoms with Crippen molar-refractivity contribution in [1.82, 2.24) is 4.31 Å². The van der Waals surface area contributed by atoms with Crippen molar-refractivity contribution in [3.05, 3.63) is 0 Å². The first-order valence-corrected chi connectivity index (χ1v) is 9.70. The monoisotopic (exact) mass is 337 g/mol. The molecule has 0 aromatic rings. The normalized spacial score (nSPS) is 10.6. The molecule has 0 heterocycles. The Kier molecular flexibility index (Phi) is 13.1. The molecule has 0 unspecified atom stereocenters. The second-order valence-corrected chi connectivity index (χ2v) is 7.07. The molecule has 0 atom stereocenters. The van der Waals surface area contributed by atoms with Crippen LogP contribution in [0, 0.1) is 33.8 Å². The topological polar surface area (TPSA) is 85.0 Å². The first-order chi connectivity index (χ1) is 11.1. The smallest absolute Gasteiger partial charge is 0.198 e. The Labute approximate surface area is 141 Å². The van der Waals surface area contributed by atoms with Crippen LogP contribution >= 0.6 is 0 Å². The van der Waals surface area contributed by atoms with E-state index in [9.17, 15) is 8.42 Å². The molecule has 0 aromatic carbocycles. The number of hydrogen-bond acceptors (Lipinski definition) is 4. The summed E-state index contributed by atoms with van der Waals surface area (Å²) in [5, 5.41) is 19.3. The van der Waals surface area contributed by atoms with E-state index in [-0.39, 0.29) is 0 Å². The number of rotatable bonds is 13. The third kappa shape index (κ3) is 11.6. The molecule has 0 saturated heterocycles. The predicted molar refractivity (Wildman–Crippen MR) is 91.3 cm³/mol. The number of nitriles is 2. The first-order valence-electron chi connectivity index (χ1n) is 8.26. The number of nitrogens with zero attached hydrogens (tertiary/aromatic N) is 3. The van der Waals surface area contributed by atoms with E-state index in [1.54, 1.807) is 0 Å². The number of hydrogen-bond donors (Lipinski definition) is 0. The van der Waals surface area contributed by atoms with Gasteiger partial charge in [0.1, 0.15) is 0 Å². The molecular formula is C17H27N3O2S. The van der Waals surface area contributed by atoms with Gasteiger partial charge in [0.05, 0.1) is 12.1 Å². The molecule has 23 heavy (non-hydrogen) atoms. The van der Waals surface area contributed by atoms with Crippen molar-refractivity contribution in [2.24, 2.45) is 0 Å². The maximum Gasteiger partial charge on any atom is 0.282 e. The summed E-state index contributed by atoms with van der Waals surface area (Å²) in [6, 6.07) is 4.23. The fraction of sp³-hybridized carbons (Fsp3) is 0.765. The Morgan fingerprint density at radius 2 is 1.22 bits per heavy atom. The fourth-order valence-electron chi connectivity index (χ4n) is 2.24. The highest BCUT2D eigenvalue weighted by atomic mass is 32.2. The molecule has 0 aliphatic heterocycles. The van der Waals surface area contributed by atoms with Gasteiger partial charge in [-0.15, -0.1) is 0 Å². The average Bonchev–Trinajstić information content (AvgIpc) is 2.51. The van der Waals surface area contributed by atoms with E-state index < -0.39 is 10.0 Å². The highest BCUT2D eigenvalue weighted by Crippen LogP contribution is 2.10. The molecule has 0 aliphatic rings. The van der Waals surface area contributed by atoms with E-state index in [2.05, 4.69) is 23.3 Å². The molecule has 0 fully saturated rings. The van der Waals surface area contributed by atoms with Gasteiger partial charge in [-0.3, -0.25) is 0 Å². The van der Waals surface area contributed by atoms with Gasteiger partial charge in [0, 0.05) is 31.2 Å². The molecule has 0 saturated carbocycles. The van der Waals surface area contributed by atoms with E-state index in [4.69, 9.17) is 10.5 Å². The van der Waals surface area contributed by atoms with Gasteiger partial charge in [-0.25, -0.2) is 0 Å². The van der Waals surface area contributed by atoms with Crippen LogP contribution in [-0.2, 0) is 10.0 Å². The van der Waals surface area contributed by atoms with Crippen LogP contribution in [0.15, 0.2) is 0 Å².